The standard InChI is InChI=1S/C32H42N6O10P2.4Na/c1-35(2)15-5-17-45-25-11-13-27-29(19-25)37(21-47-49(39,40)41)31(33-27)23-7-9-24(10-8-23)32-34-28-14-12-26(46-18-6-16-36(3)4)20-30(28)38(32)22-48-50(42,43)44;;;;/h7-14,19-20H,5-6,15-18,21-22H2,1-4H3,(H2,39,40,41)(H2,42,43,44);;;;/q;4*+1/p-4. The number of ether oxygens (including phenoxy) is 2. The van der Waals surface area contributed by atoms with Crippen LogP contribution >= 0.6 is 15.6 Å². The SMILES string of the molecule is CN(C)CCCOc1ccc2nc(-c3ccc(-c4nc5ccc(OCCCN(C)C)cc5n4COP(=O)([O-])[O-])cc3)n(COP(=O)([O-])[O-])c2c1.[Na+].[Na+].[Na+].[Na+]. The van der Waals surface area contributed by atoms with Gasteiger partial charge in [-0.1, -0.05) is 24.3 Å². The molecule has 22 heteroatoms. The predicted octanol–water partition coefficient (Wildman–Crippen LogP) is -10.00. The maximum absolute atomic E-state index is 11.4. The molecule has 0 fully saturated rings. The average molecular weight is 821 g/mol. The Balaban J connectivity index is 0.00000364. The van der Waals surface area contributed by atoms with Gasteiger partial charge in [0.2, 0.25) is 0 Å². The molecule has 0 saturated carbocycles. The van der Waals surface area contributed by atoms with Gasteiger partial charge >= 0.3 is 118 Å². The van der Waals surface area contributed by atoms with Crippen LogP contribution in [0.2, 0.25) is 0 Å². The Morgan fingerprint density at radius 3 is 1.26 bits per heavy atom. The number of hydrogen-bond acceptors (Lipinski definition) is 14. The normalized spacial score (nSPS) is 11.6. The molecule has 0 aliphatic heterocycles. The van der Waals surface area contributed by atoms with Crippen molar-refractivity contribution < 1.29 is 165 Å². The average Bonchev–Trinajstić information content (AvgIpc) is 3.60. The second-order valence-electron chi connectivity index (χ2n) is 12.0. The maximum Gasteiger partial charge on any atom is 1.00 e. The fraction of sp³-hybridized carbons (Fsp3) is 0.375. The Morgan fingerprint density at radius 1 is 0.593 bits per heavy atom. The third-order valence-corrected chi connectivity index (χ3v) is 8.43. The van der Waals surface area contributed by atoms with E-state index in [2.05, 4.69) is 19.0 Å². The molecule has 2 aromatic heterocycles. The molecular weight excluding hydrogens is 782 g/mol. The summed E-state index contributed by atoms with van der Waals surface area (Å²) in [5.74, 6) is 1.71. The molecule has 0 bridgehead atoms. The van der Waals surface area contributed by atoms with Crippen LogP contribution in [0.1, 0.15) is 12.8 Å². The van der Waals surface area contributed by atoms with E-state index < -0.39 is 29.1 Å². The van der Waals surface area contributed by atoms with Crippen LogP contribution < -0.4 is 147 Å². The minimum absolute atomic E-state index is 0. The predicted molar refractivity (Wildman–Crippen MR) is 179 cm³/mol. The van der Waals surface area contributed by atoms with E-state index in [1.165, 1.54) is 9.13 Å². The van der Waals surface area contributed by atoms with Crippen LogP contribution in [0.25, 0.3) is 44.8 Å². The molecule has 5 rings (SSSR count). The number of benzene rings is 3. The Labute approximate surface area is 402 Å². The minimum Gasteiger partial charge on any atom is -0.790 e. The van der Waals surface area contributed by atoms with Gasteiger partial charge in [0.15, 0.2) is 0 Å². The molecule has 0 N–H and O–H groups in total. The fourth-order valence-corrected chi connectivity index (χ4v) is 5.77. The summed E-state index contributed by atoms with van der Waals surface area (Å²) in [6, 6.07) is 17.2. The van der Waals surface area contributed by atoms with E-state index in [4.69, 9.17) is 9.47 Å². The zero-order chi connectivity index (χ0) is 36.1. The number of phosphoric acid groups is 2. The van der Waals surface area contributed by atoms with Crippen molar-refractivity contribution >= 4 is 37.7 Å². The molecule has 0 saturated heterocycles. The van der Waals surface area contributed by atoms with Crippen LogP contribution in [-0.4, -0.2) is 83.4 Å². The summed E-state index contributed by atoms with van der Waals surface area (Å²) in [7, 11) is -2.78. The molecule has 0 amide bonds. The molecule has 3 aromatic carbocycles. The van der Waals surface area contributed by atoms with Crippen LogP contribution in [0.3, 0.4) is 0 Å². The number of fused-ring (bicyclic) bond motifs is 2. The Bertz CT molecular complexity index is 1880. The van der Waals surface area contributed by atoms with E-state index in [1.54, 1.807) is 60.7 Å². The largest absolute Gasteiger partial charge is 1.00 e. The van der Waals surface area contributed by atoms with Gasteiger partial charge in [-0.2, -0.15) is 0 Å². The van der Waals surface area contributed by atoms with Crippen LogP contribution in [0.4, 0.5) is 0 Å². The molecule has 0 aliphatic rings. The summed E-state index contributed by atoms with van der Waals surface area (Å²) < 4.78 is 46.9. The quantitative estimate of drug-likeness (QED) is 0.0458. The van der Waals surface area contributed by atoms with Crippen LogP contribution in [0.5, 0.6) is 11.5 Å². The van der Waals surface area contributed by atoms with Gasteiger partial charge in [0.25, 0.3) is 0 Å². The van der Waals surface area contributed by atoms with Crippen molar-refractivity contribution in [3.63, 3.8) is 0 Å². The summed E-state index contributed by atoms with van der Waals surface area (Å²) >= 11 is 0. The zero-order valence-corrected chi connectivity index (χ0v) is 41.9. The smallest absolute Gasteiger partial charge is 0.790 e. The fourth-order valence-electron chi connectivity index (χ4n) is 5.25. The molecule has 0 atom stereocenters. The van der Waals surface area contributed by atoms with E-state index in [9.17, 15) is 28.7 Å². The second-order valence-corrected chi connectivity index (χ2v) is 14.3. The van der Waals surface area contributed by atoms with E-state index in [0.29, 0.717) is 69.6 Å². The van der Waals surface area contributed by atoms with E-state index in [0.717, 1.165) is 25.9 Å². The number of imidazole rings is 2. The molecule has 0 unspecified atom stereocenters. The number of aromatic nitrogens is 4. The molecule has 54 heavy (non-hydrogen) atoms. The van der Waals surface area contributed by atoms with Crippen LogP contribution in [0, 0.1) is 0 Å². The molecule has 270 valence electrons. The minimum atomic E-state index is -5.32. The van der Waals surface area contributed by atoms with Gasteiger partial charge in [-0.15, -0.1) is 0 Å². The Hall–Kier alpha value is 0.340. The molecular formula is C32H38N6Na4O10P2. The van der Waals surface area contributed by atoms with Gasteiger partial charge in [-0.05, 0) is 65.3 Å². The van der Waals surface area contributed by atoms with Crippen molar-refractivity contribution in [2.45, 2.75) is 26.3 Å². The van der Waals surface area contributed by atoms with Crippen molar-refractivity contribution in [2.24, 2.45) is 0 Å². The van der Waals surface area contributed by atoms with E-state index >= 15 is 0 Å². The first-order valence-electron chi connectivity index (χ1n) is 15.7. The number of rotatable bonds is 18. The van der Waals surface area contributed by atoms with E-state index in [-0.39, 0.29) is 118 Å². The molecule has 0 aliphatic carbocycles. The summed E-state index contributed by atoms with van der Waals surface area (Å²) in [6.07, 6.45) is 1.58. The Kier molecular flexibility index (Phi) is 23.1. The third kappa shape index (κ3) is 15.5. The first kappa shape index (κ1) is 52.4. The first-order chi connectivity index (χ1) is 23.7. The van der Waals surface area contributed by atoms with Crippen molar-refractivity contribution in [1.82, 2.24) is 28.9 Å². The topological polar surface area (TPSA) is 205 Å². The van der Waals surface area contributed by atoms with Crippen molar-refractivity contribution in [3.8, 4) is 34.3 Å². The summed E-state index contributed by atoms with van der Waals surface area (Å²) in [4.78, 5) is 59.2. The van der Waals surface area contributed by atoms with Crippen LogP contribution in [-0.2, 0) is 31.6 Å². The summed E-state index contributed by atoms with van der Waals surface area (Å²) in [6.45, 7) is 1.37. The van der Waals surface area contributed by atoms with Gasteiger partial charge < -0.3 is 57.0 Å². The van der Waals surface area contributed by atoms with E-state index in [1.807, 2.05) is 38.0 Å². The van der Waals surface area contributed by atoms with Gasteiger partial charge in [0.1, 0.15) is 36.6 Å². The monoisotopic (exact) mass is 820 g/mol. The zero-order valence-electron chi connectivity index (χ0n) is 32.1. The number of phosphoric ester groups is 2. The second kappa shape index (κ2) is 23.8. The summed E-state index contributed by atoms with van der Waals surface area (Å²) in [5.41, 5.74) is 3.09. The van der Waals surface area contributed by atoms with Crippen molar-refractivity contribution in [1.29, 1.82) is 0 Å². The van der Waals surface area contributed by atoms with Crippen LogP contribution in [0.15, 0.2) is 60.7 Å². The molecule has 0 spiro atoms. The van der Waals surface area contributed by atoms with Gasteiger partial charge in [-0.25, -0.2) is 9.97 Å². The molecule has 0 radical (unpaired) electrons. The number of nitrogens with zero attached hydrogens (tertiary/aromatic N) is 6. The molecule has 16 nitrogen and oxygen atoms in total. The first-order valence-corrected chi connectivity index (χ1v) is 18.6. The number of hydrogen-bond donors (Lipinski definition) is 0. The van der Waals surface area contributed by atoms with Crippen molar-refractivity contribution in [2.75, 3.05) is 54.5 Å². The van der Waals surface area contributed by atoms with Gasteiger partial charge in [-0.3, -0.25) is 9.13 Å². The summed E-state index contributed by atoms with van der Waals surface area (Å²) in [5, 5.41) is 0. The molecule has 5 aromatic rings. The molecule has 2 heterocycles. The third-order valence-electron chi connectivity index (χ3n) is 7.57. The Morgan fingerprint density at radius 2 is 0.944 bits per heavy atom. The van der Waals surface area contributed by atoms with Crippen molar-refractivity contribution in [3.05, 3.63) is 60.7 Å². The maximum atomic E-state index is 11.4. The van der Waals surface area contributed by atoms with Gasteiger partial charge in [0, 0.05) is 36.3 Å². The van der Waals surface area contributed by atoms with Gasteiger partial charge in [0.05, 0.1) is 50.9 Å².